The van der Waals surface area contributed by atoms with E-state index in [9.17, 15) is 13.5 Å². The molecule has 2 unspecified atom stereocenters. The van der Waals surface area contributed by atoms with E-state index >= 15 is 0 Å². The number of hydrogen-bond donors (Lipinski definition) is 1. The molecule has 1 fully saturated rings. The van der Waals surface area contributed by atoms with Crippen molar-refractivity contribution in [1.82, 2.24) is 0 Å². The molecule has 4 heteroatoms. The van der Waals surface area contributed by atoms with Crippen LogP contribution in [0.5, 0.6) is 0 Å². The quantitative estimate of drug-likeness (QED) is 0.776. The SMILES string of the molecule is CC(C)S(=O)(=O)CCC1CCCCCC1O. The van der Waals surface area contributed by atoms with Crippen molar-refractivity contribution in [3.05, 3.63) is 0 Å². The minimum atomic E-state index is -2.94. The molecule has 0 spiro atoms. The van der Waals surface area contributed by atoms with Crippen molar-refractivity contribution in [1.29, 1.82) is 0 Å². The van der Waals surface area contributed by atoms with Crippen molar-refractivity contribution in [2.75, 3.05) is 5.75 Å². The van der Waals surface area contributed by atoms with Gasteiger partial charge in [0.15, 0.2) is 9.84 Å². The molecule has 0 saturated heterocycles. The Labute approximate surface area is 99.2 Å². The number of aliphatic hydroxyl groups is 1. The second-order valence-electron chi connectivity index (χ2n) is 5.17. The van der Waals surface area contributed by atoms with Crippen molar-refractivity contribution in [3.63, 3.8) is 0 Å². The molecule has 0 aromatic rings. The molecule has 1 saturated carbocycles. The van der Waals surface area contributed by atoms with E-state index < -0.39 is 9.84 Å². The summed E-state index contributed by atoms with van der Waals surface area (Å²) in [6, 6.07) is 0. The van der Waals surface area contributed by atoms with Crippen molar-refractivity contribution >= 4 is 9.84 Å². The molecular formula is C12H24O3S. The lowest BCUT2D eigenvalue weighted by Crippen LogP contribution is -2.25. The normalized spacial score (nSPS) is 28.0. The maximum Gasteiger partial charge on any atom is 0.152 e. The Bertz CT molecular complexity index is 295. The van der Waals surface area contributed by atoms with E-state index in [2.05, 4.69) is 0 Å². The van der Waals surface area contributed by atoms with Crippen LogP contribution >= 0.6 is 0 Å². The zero-order chi connectivity index (χ0) is 12.2. The van der Waals surface area contributed by atoms with Gasteiger partial charge in [-0.1, -0.05) is 19.3 Å². The van der Waals surface area contributed by atoms with E-state index in [1.54, 1.807) is 13.8 Å². The van der Waals surface area contributed by atoms with Gasteiger partial charge in [-0.15, -0.1) is 0 Å². The topological polar surface area (TPSA) is 54.4 Å². The van der Waals surface area contributed by atoms with Gasteiger partial charge in [-0.05, 0) is 39.0 Å². The Morgan fingerprint density at radius 3 is 2.44 bits per heavy atom. The fourth-order valence-corrected chi connectivity index (χ4v) is 3.36. The maximum atomic E-state index is 11.7. The van der Waals surface area contributed by atoms with Crippen LogP contribution in [-0.4, -0.2) is 30.6 Å². The molecule has 16 heavy (non-hydrogen) atoms. The third-order valence-electron chi connectivity index (χ3n) is 3.61. The number of rotatable bonds is 4. The Morgan fingerprint density at radius 1 is 1.19 bits per heavy atom. The maximum absolute atomic E-state index is 11.7. The van der Waals surface area contributed by atoms with Gasteiger partial charge < -0.3 is 5.11 Å². The second-order valence-corrected chi connectivity index (χ2v) is 7.85. The zero-order valence-electron chi connectivity index (χ0n) is 10.4. The van der Waals surface area contributed by atoms with Gasteiger partial charge in [0, 0.05) is 0 Å². The second kappa shape index (κ2) is 6.01. The van der Waals surface area contributed by atoms with Gasteiger partial charge in [0.2, 0.25) is 0 Å². The van der Waals surface area contributed by atoms with Gasteiger partial charge in [0.25, 0.3) is 0 Å². The summed E-state index contributed by atoms with van der Waals surface area (Å²) in [6.07, 6.45) is 5.54. The lowest BCUT2D eigenvalue weighted by atomic mass is 9.95. The molecule has 0 radical (unpaired) electrons. The van der Waals surface area contributed by atoms with Gasteiger partial charge in [-0.25, -0.2) is 8.42 Å². The molecule has 2 atom stereocenters. The summed E-state index contributed by atoms with van der Waals surface area (Å²) >= 11 is 0. The predicted molar refractivity (Wildman–Crippen MR) is 66.1 cm³/mol. The summed E-state index contributed by atoms with van der Waals surface area (Å²) in [5.74, 6) is 0.419. The fourth-order valence-electron chi connectivity index (χ4n) is 2.25. The molecule has 1 N–H and O–H groups in total. The van der Waals surface area contributed by atoms with Crippen molar-refractivity contribution in [2.45, 2.75) is 63.7 Å². The van der Waals surface area contributed by atoms with Crippen LogP contribution in [0.1, 0.15) is 52.4 Å². The summed E-state index contributed by atoms with van der Waals surface area (Å²) in [5, 5.41) is 9.59. The van der Waals surface area contributed by atoms with E-state index in [-0.39, 0.29) is 23.0 Å². The van der Waals surface area contributed by atoms with E-state index in [0.29, 0.717) is 6.42 Å². The van der Waals surface area contributed by atoms with Gasteiger partial charge in [0.1, 0.15) is 0 Å². The molecule has 3 nitrogen and oxygen atoms in total. The Balaban J connectivity index is 2.47. The molecule has 96 valence electrons. The van der Waals surface area contributed by atoms with Crippen LogP contribution < -0.4 is 0 Å². The first kappa shape index (κ1) is 14.0. The van der Waals surface area contributed by atoms with E-state index in [1.165, 1.54) is 6.42 Å². The van der Waals surface area contributed by atoms with Crippen LogP contribution in [0.15, 0.2) is 0 Å². The van der Waals surface area contributed by atoms with Crippen molar-refractivity contribution < 1.29 is 13.5 Å². The van der Waals surface area contributed by atoms with Gasteiger partial charge in [-0.3, -0.25) is 0 Å². The highest BCUT2D eigenvalue weighted by Gasteiger charge is 2.24. The monoisotopic (exact) mass is 248 g/mol. The predicted octanol–water partition coefficient (Wildman–Crippen LogP) is 2.14. The average molecular weight is 248 g/mol. The molecule has 0 aromatic heterocycles. The Hall–Kier alpha value is -0.0900. The van der Waals surface area contributed by atoms with E-state index in [0.717, 1.165) is 25.7 Å². The van der Waals surface area contributed by atoms with Crippen molar-refractivity contribution in [2.24, 2.45) is 5.92 Å². The summed E-state index contributed by atoms with van der Waals surface area (Å²) in [6.45, 7) is 3.44. The lowest BCUT2D eigenvalue weighted by Gasteiger charge is -2.20. The third-order valence-corrected chi connectivity index (χ3v) is 5.85. The van der Waals surface area contributed by atoms with Crippen LogP contribution in [0, 0.1) is 5.92 Å². The highest BCUT2D eigenvalue weighted by Crippen LogP contribution is 2.26. The average Bonchev–Trinajstić information content (AvgIpc) is 2.40. The number of sulfone groups is 1. The van der Waals surface area contributed by atoms with Crippen LogP contribution in [0.2, 0.25) is 0 Å². The third kappa shape index (κ3) is 4.06. The number of aliphatic hydroxyl groups excluding tert-OH is 1. The molecule has 0 aliphatic heterocycles. The lowest BCUT2D eigenvalue weighted by molar-refractivity contribution is 0.0989. The molecule has 0 aromatic carbocycles. The first-order chi connectivity index (χ1) is 7.43. The molecule has 0 amide bonds. The minimum Gasteiger partial charge on any atom is -0.393 e. The molecule has 0 bridgehead atoms. The first-order valence-electron chi connectivity index (χ1n) is 6.33. The van der Waals surface area contributed by atoms with E-state index in [4.69, 9.17) is 0 Å². The van der Waals surface area contributed by atoms with Crippen LogP contribution in [0.25, 0.3) is 0 Å². The largest absolute Gasteiger partial charge is 0.393 e. The molecule has 1 aliphatic carbocycles. The summed E-state index contributed by atoms with van der Waals surface area (Å²) < 4.78 is 23.4. The first-order valence-corrected chi connectivity index (χ1v) is 8.04. The van der Waals surface area contributed by atoms with Gasteiger partial charge in [-0.2, -0.15) is 0 Å². The summed E-state index contributed by atoms with van der Waals surface area (Å²) in [7, 11) is -2.94. The van der Waals surface area contributed by atoms with Crippen LogP contribution in [-0.2, 0) is 9.84 Å². The molecule has 0 heterocycles. The van der Waals surface area contributed by atoms with Gasteiger partial charge >= 0.3 is 0 Å². The molecular weight excluding hydrogens is 224 g/mol. The summed E-state index contributed by atoms with van der Waals surface area (Å²) in [5.41, 5.74) is 0. The highest BCUT2D eigenvalue weighted by molar-refractivity contribution is 7.91. The van der Waals surface area contributed by atoms with E-state index in [1.807, 2.05) is 0 Å². The van der Waals surface area contributed by atoms with Crippen molar-refractivity contribution in [3.8, 4) is 0 Å². The molecule has 1 rings (SSSR count). The fraction of sp³-hybridized carbons (Fsp3) is 1.00. The standard InChI is InChI=1S/C12H24O3S/c1-10(2)16(14,15)9-8-11-6-4-3-5-7-12(11)13/h10-13H,3-9H2,1-2H3. The van der Waals surface area contributed by atoms with Gasteiger partial charge in [0.05, 0.1) is 17.1 Å². The Morgan fingerprint density at radius 2 is 1.81 bits per heavy atom. The minimum absolute atomic E-state index is 0.191. The Kier molecular flexibility index (Phi) is 5.25. The highest BCUT2D eigenvalue weighted by atomic mass is 32.2. The zero-order valence-corrected chi connectivity index (χ0v) is 11.2. The van der Waals surface area contributed by atoms with Crippen LogP contribution in [0.3, 0.4) is 0 Å². The molecule has 1 aliphatic rings. The summed E-state index contributed by atoms with van der Waals surface area (Å²) in [4.78, 5) is 0. The number of hydrogen-bond acceptors (Lipinski definition) is 3. The smallest absolute Gasteiger partial charge is 0.152 e. The van der Waals surface area contributed by atoms with Crippen LogP contribution in [0.4, 0.5) is 0 Å².